The smallest absolute Gasteiger partial charge is 0.224 e. The van der Waals surface area contributed by atoms with Gasteiger partial charge in [-0.3, -0.25) is 0 Å². The fourth-order valence-corrected chi connectivity index (χ4v) is 4.21. The van der Waals surface area contributed by atoms with Crippen LogP contribution in [0.25, 0.3) is 0 Å². The number of sulfone groups is 1. The molecule has 2 unspecified atom stereocenters. The van der Waals surface area contributed by atoms with Gasteiger partial charge in [-0.1, -0.05) is 18.2 Å². The molecule has 1 saturated heterocycles. The Balaban J connectivity index is 2.07. The van der Waals surface area contributed by atoms with Crippen LogP contribution < -0.4 is 0 Å². The summed E-state index contributed by atoms with van der Waals surface area (Å²) >= 11 is 0. The summed E-state index contributed by atoms with van der Waals surface area (Å²) in [5, 5.41) is 0. The second-order valence-corrected chi connectivity index (χ2v) is 7.57. The van der Waals surface area contributed by atoms with E-state index in [-0.39, 0.29) is 17.3 Å². The van der Waals surface area contributed by atoms with Gasteiger partial charge in [0.1, 0.15) is 6.61 Å². The van der Waals surface area contributed by atoms with Crippen LogP contribution in [0.5, 0.6) is 0 Å². The third-order valence-electron chi connectivity index (χ3n) is 2.44. The van der Waals surface area contributed by atoms with Crippen molar-refractivity contribution in [3.05, 3.63) is 30.3 Å². The summed E-state index contributed by atoms with van der Waals surface area (Å²) in [6.07, 6.45) is -0.714. The topological polar surface area (TPSA) is 82.1 Å². The molecule has 2 atom stereocenters. The summed E-state index contributed by atoms with van der Waals surface area (Å²) in [5.74, 6) is -0.247. The molecule has 1 aromatic carbocycles. The second kappa shape index (κ2) is 5.21. The summed E-state index contributed by atoms with van der Waals surface area (Å²) in [6, 6.07) is 8.07. The Hall–Kier alpha value is -0.560. The lowest BCUT2D eigenvalue weighted by Gasteiger charge is -2.07. The molecule has 1 aromatic rings. The summed E-state index contributed by atoms with van der Waals surface area (Å²) in [6.45, 7) is 0.00415. The molecule has 8 heteroatoms. The van der Waals surface area contributed by atoms with Crippen molar-refractivity contribution in [2.75, 3.05) is 19.5 Å². The molecule has 1 aliphatic heterocycles. The van der Waals surface area contributed by atoms with Gasteiger partial charge in [-0.2, -0.15) is 13.9 Å². The van der Waals surface area contributed by atoms with E-state index < -0.39 is 24.1 Å². The van der Waals surface area contributed by atoms with E-state index in [0.29, 0.717) is 0 Å². The molecular formula is C10H14O6PS+. The number of hydrogen-bond donors (Lipinski definition) is 1. The average Bonchev–Trinajstić information content (AvgIpc) is 2.72. The maximum Gasteiger partial charge on any atom is 0.572 e. The monoisotopic (exact) mass is 293 g/mol. The van der Waals surface area contributed by atoms with Crippen LogP contribution in [-0.4, -0.2) is 38.9 Å². The van der Waals surface area contributed by atoms with Crippen LogP contribution in [0.3, 0.4) is 0 Å². The van der Waals surface area contributed by atoms with Crippen molar-refractivity contribution in [1.82, 2.24) is 0 Å². The summed E-state index contributed by atoms with van der Waals surface area (Å²) in [4.78, 5) is 9.81. The zero-order valence-corrected chi connectivity index (χ0v) is 11.4. The van der Waals surface area contributed by atoms with Crippen molar-refractivity contribution in [1.29, 1.82) is 0 Å². The Morgan fingerprint density at radius 2 is 2.11 bits per heavy atom. The lowest BCUT2D eigenvalue weighted by Crippen LogP contribution is -2.22. The highest BCUT2D eigenvalue weighted by molar-refractivity contribution is 7.91. The minimum absolute atomic E-state index is 0.00415. The van der Waals surface area contributed by atoms with Crippen LogP contribution in [-0.2, 0) is 23.4 Å². The summed E-state index contributed by atoms with van der Waals surface area (Å²) < 4.78 is 38.8. The van der Waals surface area contributed by atoms with Gasteiger partial charge in [-0.15, -0.1) is 4.52 Å². The van der Waals surface area contributed by atoms with Crippen molar-refractivity contribution in [3.8, 4) is 0 Å². The molecule has 0 bridgehead atoms. The van der Waals surface area contributed by atoms with Gasteiger partial charge in [0.25, 0.3) is 0 Å². The molecule has 100 valence electrons. The molecule has 18 heavy (non-hydrogen) atoms. The van der Waals surface area contributed by atoms with E-state index in [1.807, 2.05) is 0 Å². The molecule has 0 saturated carbocycles. The Labute approximate surface area is 106 Å². The molecule has 1 fully saturated rings. The highest BCUT2D eigenvalue weighted by Gasteiger charge is 2.54. The first-order chi connectivity index (χ1) is 8.45. The van der Waals surface area contributed by atoms with Crippen LogP contribution in [0.1, 0.15) is 0 Å². The zero-order chi connectivity index (χ0) is 13.2. The molecule has 0 radical (unpaired) electrons. The lowest BCUT2D eigenvalue weighted by molar-refractivity contribution is 0.172. The first kappa shape index (κ1) is 13.9. The van der Waals surface area contributed by atoms with Gasteiger partial charge in [0.2, 0.25) is 0 Å². The summed E-state index contributed by atoms with van der Waals surface area (Å²) in [5.41, 5.74) is 0. The van der Waals surface area contributed by atoms with Crippen LogP contribution in [0.4, 0.5) is 0 Å². The van der Waals surface area contributed by atoms with Crippen LogP contribution in [0.2, 0.25) is 0 Å². The highest BCUT2D eigenvalue weighted by atomic mass is 32.2. The van der Waals surface area contributed by atoms with E-state index in [4.69, 9.17) is 9.05 Å². The molecular weight excluding hydrogens is 279 g/mol. The molecule has 6 nitrogen and oxygen atoms in total. The van der Waals surface area contributed by atoms with Gasteiger partial charge in [0, 0.05) is 0 Å². The standard InChI is InChI=1S/C10H14O6PS/c1-14-17(11)15-7-9(16-17)8-18(12,13)10-5-3-2-4-6-10/h2-6,9,11H,7-8H2,1H3/q+1. The van der Waals surface area contributed by atoms with Gasteiger partial charge < -0.3 is 0 Å². The van der Waals surface area contributed by atoms with Crippen LogP contribution in [0.15, 0.2) is 35.2 Å². The largest absolute Gasteiger partial charge is 0.572 e. The fraction of sp³-hybridized carbons (Fsp3) is 0.400. The molecule has 0 spiro atoms. The predicted molar refractivity (Wildman–Crippen MR) is 65.5 cm³/mol. The average molecular weight is 293 g/mol. The highest BCUT2D eigenvalue weighted by Crippen LogP contribution is 2.62. The molecule has 2 rings (SSSR count). The van der Waals surface area contributed by atoms with Crippen LogP contribution >= 0.6 is 8.17 Å². The van der Waals surface area contributed by atoms with E-state index in [0.717, 1.165) is 0 Å². The molecule has 1 aliphatic rings. The van der Waals surface area contributed by atoms with Crippen molar-refractivity contribution in [2.24, 2.45) is 0 Å². The second-order valence-electron chi connectivity index (χ2n) is 3.77. The van der Waals surface area contributed by atoms with E-state index in [1.165, 1.54) is 19.2 Å². The molecule has 0 aromatic heterocycles. The van der Waals surface area contributed by atoms with Crippen molar-refractivity contribution < 1.29 is 26.9 Å². The van der Waals surface area contributed by atoms with Crippen LogP contribution in [0, 0.1) is 0 Å². The maximum atomic E-state index is 12.0. The quantitative estimate of drug-likeness (QED) is 0.840. The predicted octanol–water partition coefficient (Wildman–Crippen LogP) is 1.19. The van der Waals surface area contributed by atoms with Gasteiger partial charge in [0.05, 0.1) is 17.8 Å². The van der Waals surface area contributed by atoms with Gasteiger partial charge >= 0.3 is 8.17 Å². The number of rotatable bonds is 4. The van der Waals surface area contributed by atoms with E-state index in [2.05, 4.69) is 4.52 Å². The number of hydrogen-bond acceptors (Lipinski definition) is 6. The van der Waals surface area contributed by atoms with Crippen molar-refractivity contribution >= 4 is 18.0 Å². The van der Waals surface area contributed by atoms with E-state index in [9.17, 15) is 13.3 Å². The number of benzene rings is 1. The van der Waals surface area contributed by atoms with Gasteiger partial charge in [-0.25, -0.2) is 8.42 Å². The molecule has 0 amide bonds. The van der Waals surface area contributed by atoms with Gasteiger partial charge in [0.15, 0.2) is 15.9 Å². The Bertz CT molecular complexity index is 504. The van der Waals surface area contributed by atoms with Gasteiger partial charge in [-0.05, 0) is 12.1 Å². The molecule has 1 N–H and O–H groups in total. The third-order valence-corrected chi connectivity index (χ3v) is 5.75. The summed E-state index contributed by atoms with van der Waals surface area (Å²) in [7, 11) is -5.50. The Morgan fingerprint density at radius 3 is 2.67 bits per heavy atom. The fourth-order valence-electron chi connectivity index (χ4n) is 1.57. The van der Waals surface area contributed by atoms with Crippen molar-refractivity contribution in [2.45, 2.75) is 11.0 Å². The van der Waals surface area contributed by atoms with E-state index >= 15 is 0 Å². The molecule has 1 heterocycles. The minimum atomic E-state index is -3.46. The van der Waals surface area contributed by atoms with Crippen molar-refractivity contribution in [3.63, 3.8) is 0 Å². The Morgan fingerprint density at radius 1 is 1.44 bits per heavy atom. The normalized spacial score (nSPS) is 28.4. The first-order valence-electron chi connectivity index (χ1n) is 5.23. The third kappa shape index (κ3) is 3.06. The SMILES string of the molecule is CO[P+]1(O)OCC(CS(=O)(=O)c2ccccc2)O1. The van der Waals surface area contributed by atoms with E-state index in [1.54, 1.807) is 18.2 Å². The first-order valence-corrected chi connectivity index (χ1v) is 8.38. The maximum absolute atomic E-state index is 12.0. The zero-order valence-electron chi connectivity index (χ0n) is 9.72. The molecule has 0 aliphatic carbocycles. The lowest BCUT2D eigenvalue weighted by atomic mass is 10.4. The Kier molecular flexibility index (Phi) is 4.01. The minimum Gasteiger partial charge on any atom is -0.224 e.